The van der Waals surface area contributed by atoms with Crippen LogP contribution in [0.25, 0.3) is 0 Å². The van der Waals surface area contributed by atoms with Crippen LogP contribution in [0.2, 0.25) is 0 Å². The van der Waals surface area contributed by atoms with E-state index in [1.807, 2.05) is 38.2 Å². The number of rotatable bonds is 5. The number of amides is 1. The van der Waals surface area contributed by atoms with Crippen LogP contribution in [-0.4, -0.2) is 68.1 Å². The van der Waals surface area contributed by atoms with Gasteiger partial charge in [-0.05, 0) is 32.9 Å². The fourth-order valence-electron chi connectivity index (χ4n) is 2.80. The van der Waals surface area contributed by atoms with Crippen LogP contribution in [0.3, 0.4) is 0 Å². The van der Waals surface area contributed by atoms with E-state index in [0.29, 0.717) is 6.54 Å². The second-order valence-electron chi connectivity index (χ2n) is 6.80. The fraction of sp³-hybridized carbons (Fsp3) is 0.611. The van der Waals surface area contributed by atoms with E-state index < -0.39 is 5.41 Å². The summed E-state index contributed by atoms with van der Waals surface area (Å²) in [6.07, 6.45) is 1.83. The van der Waals surface area contributed by atoms with Crippen LogP contribution in [0.15, 0.2) is 29.4 Å². The number of nitrogens with zero attached hydrogens (tertiary/aromatic N) is 4. The number of carbonyl (C=O) groups is 1. The van der Waals surface area contributed by atoms with Crippen LogP contribution in [0.4, 0.5) is 5.82 Å². The van der Waals surface area contributed by atoms with Crippen LogP contribution >= 0.6 is 0 Å². The minimum atomic E-state index is -0.523. The highest BCUT2D eigenvalue weighted by molar-refractivity contribution is 5.83. The number of hydrogen-bond acceptors (Lipinski definition) is 4. The highest BCUT2D eigenvalue weighted by atomic mass is 16.2. The Balaban J connectivity index is 1.99. The zero-order valence-corrected chi connectivity index (χ0v) is 15.7. The maximum absolute atomic E-state index is 12.0. The molecule has 0 aliphatic carbocycles. The van der Waals surface area contributed by atoms with Gasteiger partial charge in [-0.1, -0.05) is 6.07 Å². The smallest absolute Gasteiger partial charge is 0.227 e. The molecule has 0 atom stereocenters. The van der Waals surface area contributed by atoms with Crippen molar-refractivity contribution < 1.29 is 4.79 Å². The van der Waals surface area contributed by atoms with Crippen LogP contribution in [0, 0.1) is 5.41 Å². The molecule has 1 aliphatic heterocycles. The Labute approximate surface area is 150 Å². The lowest BCUT2D eigenvalue weighted by Crippen LogP contribution is -2.53. The van der Waals surface area contributed by atoms with Crippen LogP contribution in [0.1, 0.15) is 20.8 Å². The Kier molecular flexibility index (Phi) is 6.61. The first-order valence-electron chi connectivity index (χ1n) is 8.89. The lowest BCUT2D eigenvalue weighted by Gasteiger charge is -2.37. The number of piperazine rings is 1. The largest absolute Gasteiger partial charge is 0.359 e. The Morgan fingerprint density at radius 3 is 2.56 bits per heavy atom. The van der Waals surface area contributed by atoms with E-state index in [1.165, 1.54) is 0 Å². The van der Waals surface area contributed by atoms with Gasteiger partial charge in [0.25, 0.3) is 0 Å². The van der Waals surface area contributed by atoms with Crippen molar-refractivity contribution in [1.29, 1.82) is 0 Å². The molecule has 0 bridgehead atoms. The first-order valence-corrected chi connectivity index (χ1v) is 8.89. The molecule has 1 saturated heterocycles. The highest BCUT2D eigenvalue weighted by Gasteiger charge is 2.27. The van der Waals surface area contributed by atoms with Gasteiger partial charge in [-0.25, -0.2) is 4.98 Å². The number of aromatic nitrogens is 1. The maximum Gasteiger partial charge on any atom is 0.227 e. The zero-order valence-electron chi connectivity index (χ0n) is 15.7. The molecule has 1 fully saturated rings. The Morgan fingerprint density at radius 1 is 1.28 bits per heavy atom. The van der Waals surface area contributed by atoms with Gasteiger partial charge in [-0.2, -0.15) is 0 Å². The number of anilines is 1. The topological polar surface area (TPSA) is 72.9 Å². The summed E-state index contributed by atoms with van der Waals surface area (Å²) in [5.41, 5.74) is -0.523. The third kappa shape index (κ3) is 5.08. The minimum Gasteiger partial charge on any atom is -0.359 e. The molecular weight excluding hydrogens is 316 g/mol. The van der Waals surface area contributed by atoms with E-state index in [-0.39, 0.29) is 5.91 Å². The van der Waals surface area contributed by atoms with Crippen LogP contribution < -0.4 is 15.5 Å². The Morgan fingerprint density at radius 2 is 2.00 bits per heavy atom. The molecule has 7 nitrogen and oxygen atoms in total. The minimum absolute atomic E-state index is 0.00655. The van der Waals surface area contributed by atoms with Gasteiger partial charge in [-0.3, -0.25) is 9.79 Å². The van der Waals surface area contributed by atoms with E-state index in [9.17, 15) is 4.79 Å². The molecule has 1 aliphatic rings. The van der Waals surface area contributed by atoms with Crippen LogP contribution in [0.5, 0.6) is 0 Å². The van der Waals surface area contributed by atoms with Gasteiger partial charge in [0.05, 0.1) is 12.0 Å². The third-order valence-corrected chi connectivity index (χ3v) is 4.35. The van der Waals surface area contributed by atoms with Crippen molar-refractivity contribution >= 4 is 17.7 Å². The van der Waals surface area contributed by atoms with Gasteiger partial charge in [0.2, 0.25) is 5.91 Å². The molecule has 0 radical (unpaired) electrons. The number of pyridine rings is 1. The predicted molar refractivity (Wildman–Crippen MR) is 102 cm³/mol. The molecule has 2 heterocycles. The second kappa shape index (κ2) is 8.69. The SMILES string of the molecule is CCNC(=NCC(C)(C)C(=O)NC)N1CCN(c2ccccn2)CC1. The summed E-state index contributed by atoms with van der Waals surface area (Å²) >= 11 is 0. The van der Waals surface area contributed by atoms with E-state index in [2.05, 4.69) is 32.3 Å². The zero-order chi connectivity index (χ0) is 18.3. The summed E-state index contributed by atoms with van der Waals surface area (Å²) in [4.78, 5) is 25.6. The predicted octanol–water partition coefficient (Wildman–Crippen LogP) is 0.941. The molecule has 1 aromatic rings. The number of carbonyl (C=O) groups excluding carboxylic acids is 1. The third-order valence-electron chi connectivity index (χ3n) is 4.35. The number of hydrogen-bond donors (Lipinski definition) is 2. The molecule has 7 heteroatoms. The Bertz CT molecular complexity index is 578. The summed E-state index contributed by atoms with van der Waals surface area (Å²) in [6.45, 7) is 10.7. The van der Waals surface area contributed by atoms with Crippen molar-refractivity contribution in [3.63, 3.8) is 0 Å². The molecule has 25 heavy (non-hydrogen) atoms. The quantitative estimate of drug-likeness (QED) is 0.613. The van der Waals surface area contributed by atoms with Gasteiger partial charge in [0, 0.05) is 46.0 Å². The molecule has 2 rings (SSSR count). The fourth-order valence-corrected chi connectivity index (χ4v) is 2.80. The standard InChI is InChI=1S/C18H30N6O/c1-5-20-17(22-14-18(2,3)16(25)19-4)24-12-10-23(11-13-24)15-8-6-7-9-21-15/h6-9H,5,10-14H2,1-4H3,(H,19,25)(H,20,22). The van der Waals surface area contributed by atoms with E-state index in [4.69, 9.17) is 4.99 Å². The molecule has 138 valence electrons. The lowest BCUT2D eigenvalue weighted by atomic mass is 9.93. The van der Waals surface area contributed by atoms with Crippen molar-refractivity contribution in [2.45, 2.75) is 20.8 Å². The van der Waals surface area contributed by atoms with Gasteiger partial charge in [0.15, 0.2) is 5.96 Å². The normalized spacial score (nSPS) is 15.9. The molecular formula is C18H30N6O. The maximum atomic E-state index is 12.0. The van der Waals surface area contributed by atoms with Crippen molar-refractivity contribution in [1.82, 2.24) is 20.5 Å². The van der Waals surface area contributed by atoms with Gasteiger partial charge < -0.3 is 20.4 Å². The van der Waals surface area contributed by atoms with Crippen LogP contribution in [-0.2, 0) is 4.79 Å². The summed E-state index contributed by atoms with van der Waals surface area (Å²) in [5.74, 6) is 1.90. The first kappa shape index (κ1) is 19.0. The van der Waals surface area contributed by atoms with E-state index in [0.717, 1.165) is 44.5 Å². The Hall–Kier alpha value is -2.31. The first-order chi connectivity index (χ1) is 12.0. The summed E-state index contributed by atoms with van der Waals surface area (Å²) in [7, 11) is 1.66. The van der Waals surface area contributed by atoms with Crippen molar-refractivity contribution in [3.8, 4) is 0 Å². The lowest BCUT2D eigenvalue weighted by molar-refractivity contribution is -0.128. The summed E-state index contributed by atoms with van der Waals surface area (Å²) < 4.78 is 0. The van der Waals surface area contributed by atoms with Gasteiger partial charge in [-0.15, -0.1) is 0 Å². The average molecular weight is 346 g/mol. The number of nitrogens with one attached hydrogen (secondary N) is 2. The molecule has 1 amide bonds. The van der Waals surface area contributed by atoms with Crippen molar-refractivity contribution in [2.75, 3.05) is 51.2 Å². The molecule has 0 spiro atoms. The van der Waals surface area contributed by atoms with Gasteiger partial charge in [0.1, 0.15) is 5.82 Å². The number of guanidine groups is 1. The second-order valence-corrected chi connectivity index (χ2v) is 6.80. The summed E-state index contributed by atoms with van der Waals surface area (Å²) in [6, 6.07) is 5.99. The van der Waals surface area contributed by atoms with E-state index >= 15 is 0 Å². The van der Waals surface area contributed by atoms with E-state index in [1.54, 1.807) is 7.05 Å². The average Bonchev–Trinajstić information content (AvgIpc) is 2.65. The number of aliphatic imine (C=N–C) groups is 1. The molecule has 0 unspecified atom stereocenters. The van der Waals surface area contributed by atoms with Gasteiger partial charge >= 0.3 is 0 Å². The molecule has 2 N–H and O–H groups in total. The van der Waals surface area contributed by atoms with Crippen molar-refractivity contribution in [2.24, 2.45) is 10.4 Å². The molecule has 0 saturated carbocycles. The molecule has 0 aromatic carbocycles. The molecule has 1 aromatic heterocycles. The van der Waals surface area contributed by atoms with Crippen molar-refractivity contribution in [3.05, 3.63) is 24.4 Å². The highest BCUT2D eigenvalue weighted by Crippen LogP contribution is 2.16. The summed E-state index contributed by atoms with van der Waals surface area (Å²) in [5, 5.41) is 6.06. The monoisotopic (exact) mass is 346 g/mol.